The highest BCUT2D eigenvalue weighted by Crippen LogP contribution is 2.34. The van der Waals surface area contributed by atoms with Crippen LogP contribution in [0.15, 0.2) is 97.1 Å². The average Bonchev–Trinajstić information content (AvgIpc) is 2.82. The van der Waals surface area contributed by atoms with Crippen molar-refractivity contribution >= 4 is 43.9 Å². The highest BCUT2D eigenvalue weighted by molar-refractivity contribution is 6.28. The topological polar surface area (TPSA) is 38.7 Å². The number of rotatable bonds is 2. The molecule has 0 aliphatic heterocycles. The van der Waals surface area contributed by atoms with Crippen LogP contribution in [-0.2, 0) is 0 Å². The van der Waals surface area contributed by atoms with Crippen molar-refractivity contribution < 1.29 is 0 Å². The molecule has 0 bridgehead atoms. The molecule has 31 heavy (non-hydrogen) atoms. The zero-order valence-electron chi connectivity index (χ0n) is 16.5. The summed E-state index contributed by atoms with van der Waals surface area (Å²) in [6.45, 7) is 0. The van der Waals surface area contributed by atoms with Gasteiger partial charge in [-0.3, -0.25) is 0 Å². The van der Waals surface area contributed by atoms with Crippen LogP contribution in [-0.4, -0.2) is 15.0 Å². The molecule has 0 radical (unpaired) electrons. The molecule has 0 N–H and O–H groups in total. The Morgan fingerprint density at radius 2 is 1.00 bits per heavy atom. The second-order valence-electron chi connectivity index (χ2n) is 7.47. The third kappa shape index (κ3) is 3.02. The van der Waals surface area contributed by atoms with E-state index < -0.39 is 0 Å². The molecule has 0 saturated carbocycles. The van der Waals surface area contributed by atoms with E-state index in [1.165, 1.54) is 10.8 Å². The maximum absolute atomic E-state index is 6.41. The quantitative estimate of drug-likeness (QED) is 0.277. The minimum absolute atomic E-state index is 0.185. The lowest BCUT2D eigenvalue weighted by atomic mass is 9.97. The van der Waals surface area contributed by atoms with Crippen molar-refractivity contribution in [1.29, 1.82) is 0 Å². The summed E-state index contributed by atoms with van der Waals surface area (Å²) in [6, 6.07) is 33.2. The summed E-state index contributed by atoms with van der Waals surface area (Å²) >= 11 is 6.41. The van der Waals surface area contributed by atoms with Crippen LogP contribution in [0, 0.1) is 0 Å². The lowest BCUT2D eigenvalue weighted by molar-refractivity contribution is 1.07. The molecule has 146 valence electrons. The van der Waals surface area contributed by atoms with Gasteiger partial charge in [0.05, 0.1) is 0 Å². The minimum Gasteiger partial charge on any atom is -0.208 e. The fraction of sp³-hybridized carbons (Fsp3) is 0. The van der Waals surface area contributed by atoms with Gasteiger partial charge in [-0.25, -0.2) is 4.98 Å². The third-order valence-corrected chi connectivity index (χ3v) is 5.82. The molecule has 0 fully saturated rings. The number of benzene rings is 5. The average molecular weight is 418 g/mol. The molecule has 0 spiro atoms. The Hall–Kier alpha value is -3.82. The first-order chi connectivity index (χ1) is 15.3. The van der Waals surface area contributed by atoms with Gasteiger partial charge in [-0.05, 0) is 38.5 Å². The second-order valence-corrected chi connectivity index (χ2v) is 7.81. The molecular weight excluding hydrogens is 402 g/mol. The van der Waals surface area contributed by atoms with E-state index in [2.05, 4.69) is 70.6 Å². The molecule has 0 aliphatic rings. The summed E-state index contributed by atoms with van der Waals surface area (Å²) < 4.78 is 0. The van der Waals surface area contributed by atoms with Gasteiger partial charge in [0.25, 0.3) is 0 Å². The first-order valence-electron chi connectivity index (χ1n) is 10.1. The predicted molar refractivity (Wildman–Crippen MR) is 128 cm³/mol. The summed E-state index contributed by atoms with van der Waals surface area (Å²) in [5.41, 5.74) is 1.88. The standard InChI is InChI=1S/C27H16ClN3/c28-27-30-25(22-13-5-9-17-7-1-3-11-20(17)22)29-26(31-27)23-14-6-10-19-16-15-18-8-2-4-12-21(18)24(19)23/h1-16H. The van der Waals surface area contributed by atoms with Crippen LogP contribution in [0.1, 0.15) is 0 Å². The largest absolute Gasteiger partial charge is 0.226 e. The molecule has 0 aliphatic carbocycles. The van der Waals surface area contributed by atoms with Gasteiger partial charge in [-0.2, -0.15) is 9.97 Å². The molecule has 0 amide bonds. The number of nitrogens with zero attached hydrogens (tertiary/aromatic N) is 3. The van der Waals surface area contributed by atoms with Gasteiger partial charge in [-0.1, -0.05) is 97.1 Å². The number of hydrogen-bond donors (Lipinski definition) is 0. The summed E-state index contributed by atoms with van der Waals surface area (Å²) in [6.07, 6.45) is 0. The fourth-order valence-electron chi connectivity index (χ4n) is 4.26. The monoisotopic (exact) mass is 417 g/mol. The third-order valence-electron chi connectivity index (χ3n) is 5.65. The van der Waals surface area contributed by atoms with Crippen LogP contribution in [0.4, 0.5) is 0 Å². The Kier molecular flexibility index (Phi) is 4.15. The van der Waals surface area contributed by atoms with E-state index in [1.54, 1.807) is 0 Å². The van der Waals surface area contributed by atoms with E-state index >= 15 is 0 Å². The van der Waals surface area contributed by atoms with Crippen molar-refractivity contribution in [3.8, 4) is 22.8 Å². The van der Waals surface area contributed by atoms with Crippen LogP contribution >= 0.6 is 11.6 Å². The molecule has 0 atom stereocenters. The second kappa shape index (κ2) is 7.15. The Morgan fingerprint density at radius 3 is 1.81 bits per heavy atom. The lowest BCUT2D eigenvalue weighted by Gasteiger charge is -2.11. The van der Waals surface area contributed by atoms with E-state index in [4.69, 9.17) is 16.6 Å². The van der Waals surface area contributed by atoms with E-state index in [1.807, 2.05) is 36.4 Å². The first kappa shape index (κ1) is 18.0. The highest BCUT2D eigenvalue weighted by atomic mass is 35.5. The summed E-state index contributed by atoms with van der Waals surface area (Å²) in [5, 5.41) is 7.00. The van der Waals surface area contributed by atoms with Crippen LogP contribution in [0.2, 0.25) is 5.28 Å². The summed E-state index contributed by atoms with van der Waals surface area (Å²) in [4.78, 5) is 13.8. The van der Waals surface area contributed by atoms with Crippen molar-refractivity contribution in [2.24, 2.45) is 0 Å². The fourth-order valence-corrected chi connectivity index (χ4v) is 4.42. The van der Waals surface area contributed by atoms with Gasteiger partial charge >= 0.3 is 0 Å². The molecule has 1 heterocycles. The van der Waals surface area contributed by atoms with Crippen LogP contribution in [0.5, 0.6) is 0 Å². The molecule has 4 heteroatoms. The van der Waals surface area contributed by atoms with Crippen molar-refractivity contribution in [2.75, 3.05) is 0 Å². The summed E-state index contributed by atoms with van der Waals surface area (Å²) in [5.74, 6) is 1.15. The van der Waals surface area contributed by atoms with Gasteiger partial charge in [0.2, 0.25) is 5.28 Å². The molecule has 6 aromatic rings. The molecule has 0 unspecified atom stereocenters. The molecule has 3 nitrogen and oxygen atoms in total. The van der Waals surface area contributed by atoms with Gasteiger partial charge in [-0.15, -0.1) is 0 Å². The van der Waals surface area contributed by atoms with Gasteiger partial charge < -0.3 is 0 Å². The maximum Gasteiger partial charge on any atom is 0.226 e. The smallest absolute Gasteiger partial charge is 0.208 e. The summed E-state index contributed by atoms with van der Waals surface area (Å²) in [7, 11) is 0. The van der Waals surface area contributed by atoms with Crippen LogP contribution in [0.3, 0.4) is 0 Å². The lowest BCUT2D eigenvalue weighted by Crippen LogP contribution is -1.98. The molecule has 1 aromatic heterocycles. The zero-order chi connectivity index (χ0) is 20.8. The first-order valence-corrected chi connectivity index (χ1v) is 10.5. The zero-order valence-corrected chi connectivity index (χ0v) is 17.2. The minimum atomic E-state index is 0.185. The number of hydrogen-bond acceptors (Lipinski definition) is 3. The molecular formula is C27H16ClN3. The number of fused-ring (bicyclic) bond motifs is 4. The molecule has 6 rings (SSSR count). The Balaban J connectivity index is 1.65. The van der Waals surface area contributed by atoms with Crippen LogP contribution < -0.4 is 0 Å². The van der Waals surface area contributed by atoms with Gasteiger partial charge in [0, 0.05) is 16.5 Å². The van der Waals surface area contributed by atoms with Crippen molar-refractivity contribution in [3.05, 3.63) is 102 Å². The molecule has 0 saturated heterocycles. The Bertz CT molecular complexity index is 1600. The van der Waals surface area contributed by atoms with Gasteiger partial charge in [0.15, 0.2) is 11.6 Å². The van der Waals surface area contributed by atoms with Crippen molar-refractivity contribution in [2.45, 2.75) is 0 Å². The maximum atomic E-state index is 6.41. The Morgan fingerprint density at radius 1 is 0.452 bits per heavy atom. The Labute approximate surface area is 184 Å². The van der Waals surface area contributed by atoms with E-state index in [9.17, 15) is 0 Å². The highest BCUT2D eigenvalue weighted by Gasteiger charge is 2.15. The number of aromatic nitrogens is 3. The van der Waals surface area contributed by atoms with E-state index in [-0.39, 0.29) is 5.28 Å². The predicted octanol–water partition coefficient (Wildman–Crippen LogP) is 7.32. The van der Waals surface area contributed by atoms with E-state index in [0.717, 1.165) is 32.7 Å². The van der Waals surface area contributed by atoms with Crippen molar-refractivity contribution in [3.63, 3.8) is 0 Å². The number of halogens is 1. The van der Waals surface area contributed by atoms with Crippen molar-refractivity contribution in [1.82, 2.24) is 15.0 Å². The van der Waals surface area contributed by atoms with Gasteiger partial charge in [0.1, 0.15) is 0 Å². The molecule has 5 aromatic carbocycles. The van der Waals surface area contributed by atoms with Crippen LogP contribution in [0.25, 0.3) is 55.1 Å². The van der Waals surface area contributed by atoms with E-state index in [0.29, 0.717) is 11.6 Å². The SMILES string of the molecule is Clc1nc(-c2cccc3ccccc23)nc(-c2cccc3ccc4ccccc4c23)n1. The normalized spacial score (nSPS) is 11.4.